The van der Waals surface area contributed by atoms with Gasteiger partial charge in [0.25, 0.3) is 5.91 Å². The lowest BCUT2D eigenvalue weighted by molar-refractivity contribution is -0.197. The second-order valence-corrected chi connectivity index (χ2v) is 14.1. The van der Waals surface area contributed by atoms with E-state index in [9.17, 15) is 27.6 Å². The Morgan fingerprint density at radius 1 is 0.933 bits per heavy atom. The quantitative estimate of drug-likeness (QED) is 0.0392. The van der Waals surface area contributed by atoms with Gasteiger partial charge in [-0.1, -0.05) is 30.4 Å². The van der Waals surface area contributed by atoms with Gasteiger partial charge in [-0.3, -0.25) is 24.9 Å². The lowest BCUT2D eigenvalue weighted by atomic mass is 10.0. The van der Waals surface area contributed by atoms with E-state index in [1.165, 1.54) is 24.6 Å². The van der Waals surface area contributed by atoms with Crippen molar-refractivity contribution in [2.24, 2.45) is 7.05 Å². The zero-order chi connectivity index (χ0) is 43.1. The minimum atomic E-state index is -4.67. The summed E-state index contributed by atoms with van der Waals surface area (Å²) in [5, 5.41) is 16.4. The molecule has 60 heavy (non-hydrogen) atoms. The molecule has 0 aliphatic carbocycles. The fourth-order valence-corrected chi connectivity index (χ4v) is 7.05. The van der Waals surface area contributed by atoms with Crippen LogP contribution in [-0.4, -0.2) is 116 Å². The first-order valence-corrected chi connectivity index (χ1v) is 20.0. The Kier molecular flexibility index (Phi) is 16.9. The number of aryl methyl sites for hydroxylation is 1. The number of amidine groups is 1. The van der Waals surface area contributed by atoms with Crippen LogP contribution in [0.25, 0.3) is 27.4 Å². The number of halogens is 3. The maximum atomic E-state index is 13.9. The predicted molar refractivity (Wildman–Crippen MR) is 223 cm³/mol. The van der Waals surface area contributed by atoms with Crippen molar-refractivity contribution < 1.29 is 46.5 Å². The number of fused-ring (bicyclic) bond motifs is 4. The molecular formula is C44H53F3N6O7. The zero-order valence-electron chi connectivity index (χ0n) is 34.2. The number of carbonyl (C=O) groups is 3. The van der Waals surface area contributed by atoms with E-state index in [2.05, 4.69) is 57.6 Å². The van der Waals surface area contributed by atoms with Crippen molar-refractivity contribution in [1.29, 1.82) is 5.41 Å². The summed E-state index contributed by atoms with van der Waals surface area (Å²) in [5.41, 5.74) is 4.63. The molecule has 0 fully saturated rings. The number of rotatable bonds is 25. The van der Waals surface area contributed by atoms with Crippen LogP contribution in [0, 0.1) is 5.41 Å². The number of hydrogen-bond donors (Lipinski definition) is 3. The topological polar surface area (TPSA) is 157 Å². The van der Waals surface area contributed by atoms with E-state index in [4.69, 9.17) is 24.4 Å². The summed E-state index contributed by atoms with van der Waals surface area (Å²) in [6, 6.07) is 11.1. The summed E-state index contributed by atoms with van der Waals surface area (Å²) in [5.74, 6) is -1.75. The third kappa shape index (κ3) is 11.6. The Hall–Kier alpha value is -5.42. The summed E-state index contributed by atoms with van der Waals surface area (Å²) < 4.78 is 66.2. The first-order valence-electron chi connectivity index (χ1n) is 20.0. The van der Waals surface area contributed by atoms with Gasteiger partial charge in [-0.05, 0) is 74.1 Å². The number of ether oxygens (including phenoxy) is 4. The molecule has 16 heteroatoms. The van der Waals surface area contributed by atoms with Gasteiger partial charge in [-0.2, -0.15) is 13.2 Å². The summed E-state index contributed by atoms with van der Waals surface area (Å²) in [6.45, 7) is 5.71. The van der Waals surface area contributed by atoms with Crippen LogP contribution in [0.4, 0.5) is 13.2 Å². The second kappa shape index (κ2) is 22.3. The zero-order valence-corrected chi connectivity index (χ0v) is 34.2. The van der Waals surface area contributed by atoms with Gasteiger partial charge in [0, 0.05) is 74.5 Å². The van der Waals surface area contributed by atoms with Crippen molar-refractivity contribution in [1.82, 2.24) is 25.1 Å². The van der Waals surface area contributed by atoms with Crippen LogP contribution in [0.2, 0.25) is 0 Å². The molecule has 0 spiro atoms. The highest BCUT2D eigenvalue weighted by atomic mass is 19.4. The van der Waals surface area contributed by atoms with Crippen LogP contribution in [0.3, 0.4) is 0 Å². The summed E-state index contributed by atoms with van der Waals surface area (Å²) in [6.07, 6.45) is 3.88. The highest BCUT2D eigenvalue weighted by Gasteiger charge is 2.43. The molecule has 3 heterocycles. The van der Waals surface area contributed by atoms with Crippen molar-refractivity contribution in [2.75, 3.05) is 59.8 Å². The van der Waals surface area contributed by atoms with Gasteiger partial charge in [-0.25, -0.2) is 0 Å². The van der Waals surface area contributed by atoms with Gasteiger partial charge in [0.2, 0.25) is 5.91 Å². The molecule has 2 aromatic heterocycles. The molecule has 13 nitrogen and oxygen atoms in total. The second-order valence-electron chi connectivity index (χ2n) is 14.1. The molecule has 5 rings (SSSR count). The number of hydrogen-bond acceptors (Lipinski definition) is 10. The first-order chi connectivity index (χ1) is 29.0. The van der Waals surface area contributed by atoms with E-state index < -0.39 is 30.1 Å². The number of aromatic nitrogens is 2. The third-order valence-electron chi connectivity index (χ3n) is 10.2. The van der Waals surface area contributed by atoms with Gasteiger partial charge in [0.15, 0.2) is 6.10 Å². The summed E-state index contributed by atoms with van der Waals surface area (Å²) in [7, 11) is 3.43. The van der Waals surface area contributed by atoms with E-state index in [0.29, 0.717) is 58.8 Å². The molecule has 0 bridgehead atoms. The fraction of sp³-hybridized carbons (Fsp3) is 0.432. The number of benzene rings is 2. The van der Waals surface area contributed by atoms with E-state index in [1.54, 1.807) is 0 Å². The van der Waals surface area contributed by atoms with Crippen LogP contribution in [0.1, 0.15) is 60.5 Å². The molecule has 1 aliphatic rings. The van der Waals surface area contributed by atoms with Crippen LogP contribution in [0.5, 0.6) is 5.75 Å². The molecule has 2 aromatic carbocycles. The van der Waals surface area contributed by atoms with Crippen LogP contribution in [-0.2, 0) is 30.8 Å². The largest absolute Gasteiger partial charge is 0.481 e. The molecule has 0 saturated heterocycles. The lowest BCUT2D eigenvalue weighted by Crippen LogP contribution is -2.48. The average Bonchev–Trinajstić information content (AvgIpc) is 3.67. The summed E-state index contributed by atoms with van der Waals surface area (Å²) >= 11 is 0. The van der Waals surface area contributed by atoms with Crippen molar-refractivity contribution in [3.63, 3.8) is 0 Å². The minimum Gasteiger partial charge on any atom is -0.481 e. The third-order valence-corrected chi connectivity index (χ3v) is 10.2. The Balaban J connectivity index is 0.912. The number of alkyl halides is 3. The molecule has 322 valence electrons. The number of unbranched alkanes of at least 4 members (excludes halogenated alkanes) is 1. The van der Waals surface area contributed by atoms with Gasteiger partial charge in [0.05, 0.1) is 44.1 Å². The van der Waals surface area contributed by atoms with Crippen molar-refractivity contribution in [3.05, 3.63) is 89.8 Å². The molecule has 2 atom stereocenters. The molecule has 0 saturated carbocycles. The molecule has 2 unspecified atom stereocenters. The number of allylic oxidation sites excluding steroid dienone is 3. The predicted octanol–water partition coefficient (Wildman–Crippen LogP) is 6.38. The fourth-order valence-electron chi connectivity index (χ4n) is 7.05. The molecule has 3 N–H and O–H groups in total. The maximum Gasteiger partial charge on any atom is 0.425 e. The smallest absolute Gasteiger partial charge is 0.425 e. The number of amides is 2. The summed E-state index contributed by atoms with van der Waals surface area (Å²) in [4.78, 5) is 41.8. The Morgan fingerprint density at radius 2 is 1.70 bits per heavy atom. The normalized spacial score (nSPS) is 14.4. The first kappa shape index (κ1) is 45.7. The molecule has 4 aromatic rings. The number of carbonyl (C=O) groups excluding carboxylic acids is 3. The maximum absolute atomic E-state index is 13.9. The van der Waals surface area contributed by atoms with Crippen LogP contribution < -0.4 is 15.4 Å². The number of likely N-dealkylation sites (N-methyl/N-ethyl adjacent to an activating group) is 1. The molecule has 2 amide bonds. The van der Waals surface area contributed by atoms with Gasteiger partial charge >= 0.3 is 6.18 Å². The monoisotopic (exact) mass is 834 g/mol. The van der Waals surface area contributed by atoms with E-state index in [-0.39, 0.29) is 55.0 Å². The minimum absolute atomic E-state index is 0.0131. The van der Waals surface area contributed by atoms with Crippen molar-refractivity contribution >= 4 is 51.3 Å². The Morgan fingerprint density at radius 3 is 2.43 bits per heavy atom. The Bertz CT molecular complexity index is 2170. The SMILES string of the molecule is C/C=C(\C=C/COCCOCCNCCOCCCCC(Oc1ccc2c(c1)C(=O)N(C(CCC=O)C(=O)NC)C2=N)C(F)(F)F)c1ccc2c3cnccc3n(C)c2c1. The van der Waals surface area contributed by atoms with Crippen molar-refractivity contribution in [3.8, 4) is 5.75 Å². The van der Waals surface area contributed by atoms with Gasteiger partial charge in [0.1, 0.15) is 23.9 Å². The van der Waals surface area contributed by atoms with Gasteiger partial charge < -0.3 is 38.9 Å². The molecular weight excluding hydrogens is 782 g/mol. The number of nitrogens with zero attached hydrogens (tertiary/aromatic N) is 3. The van der Waals surface area contributed by atoms with Gasteiger partial charge in [-0.15, -0.1) is 0 Å². The van der Waals surface area contributed by atoms with Crippen molar-refractivity contribution in [2.45, 2.75) is 57.3 Å². The Labute approximate surface area is 347 Å². The number of pyridine rings is 1. The number of nitrogens with one attached hydrogen (secondary N) is 3. The van der Waals surface area contributed by atoms with E-state index in [0.717, 1.165) is 38.5 Å². The van der Waals surface area contributed by atoms with E-state index in [1.807, 2.05) is 31.5 Å². The van der Waals surface area contributed by atoms with E-state index >= 15 is 0 Å². The van der Waals surface area contributed by atoms with Crippen LogP contribution >= 0.6 is 0 Å². The highest BCUT2D eigenvalue weighted by molar-refractivity contribution is 6.24. The average molecular weight is 835 g/mol. The van der Waals surface area contributed by atoms with Crippen LogP contribution in [0.15, 0.2) is 73.1 Å². The standard InChI is InChI=1S/C44H53F3N6O7/c1-4-30(31-12-14-33-36-29-51-17-16-37(36)52(3)39(33)27-31)9-8-22-58-25-26-59-24-19-50-18-23-57-21-6-5-11-40(44(45,46)47)60-32-13-15-34-35(28-32)43(56)53(41(34)48)38(10-7-20-54)42(55)49-2/h4,8-9,12-17,20,27-29,38,40,48,50H,5-7,10-11,18-19,21-26H2,1-3H3,(H,49,55)/b9-8-,30-4+,48-41?. The molecule has 0 radical (unpaired) electrons. The molecule has 1 aliphatic heterocycles. The highest BCUT2D eigenvalue weighted by Crippen LogP contribution is 2.34. The number of aldehydes is 1. The lowest BCUT2D eigenvalue weighted by Gasteiger charge is -2.25.